The molecule has 48 valence electrons. The Morgan fingerprint density at radius 3 is 1.89 bits per heavy atom. The van der Waals surface area contributed by atoms with Crippen LogP contribution in [-0.4, -0.2) is 11.6 Å². The number of rotatable bonds is 0. The van der Waals surface area contributed by atoms with Crippen LogP contribution in [-0.2, 0) is 9.59 Å². The van der Waals surface area contributed by atoms with Gasteiger partial charge in [0.2, 0.25) is 0 Å². The van der Waals surface area contributed by atoms with Crippen LogP contribution >= 0.6 is 0 Å². The summed E-state index contributed by atoms with van der Waals surface area (Å²) >= 11 is 0. The summed E-state index contributed by atoms with van der Waals surface area (Å²) in [4.78, 5) is 21.7. The first-order valence-electron chi connectivity index (χ1n) is 3.34. The minimum Gasteiger partial charge on any atom is -0.299 e. The second kappa shape index (κ2) is 1.43. The third-order valence-corrected chi connectivity index (χ3v) is 2.24. The third-order valence-electron chi connectivity index (χ3n) is 2.24. The van der Waals surface area contributed by atoms with E-state index in [-0.39, 0.29) is 11.8 Å². The van der Waals surface area contributed by atoms with Crippen LogP contribution in [0.1, 0.15) is 19.3 Å². The van der Waals surface area contributed by atoms with Crippen molar-refractivity contribution in [1.29, 1.82) is 0 Å². The van der Waals surface area contributed by atoms with Gasteiger partial charge in [0.15, 0.2) is 0 Å². The first-order chi connectivity index (χ1) is 4.29. The van der Waals surface area contributed by atoms with Crippen LogP contribution < -0.4 is 0 Å². The third kappa shape index (κ3) is 0.622. The zero-order chi connectivity index (χ0) is 6.43. The van der Waals surface area contributed by atoms with Gasteiger partial charge in [0, 0.05) is 24.7 Å². The van der Waals surface area contributed by atoms with E-state index in [0.717, 1.165) is 6.42 Å². The van der Waals surface area contributed by atoms with Crippen molar-refractivity contribution in [3.05, 3.63) is 0 Å². The molecule has 9 heavy (non-hydrogen) atoms. The summed E-state index contributed by atoms with van der Waals surface area (Å²) in [5.74, 6) is 0.955. The molecule has 2 unspecified atom stereocenters. The molecule has 2 nitrogen and oxygen atoms in total. The van der Waals surface area contributed by atoms with E-state index in [4.69, 9.17) is 0 Å². The predicted octanol–water partition coefficient (Wildman–Crippen LogP) is 0.554. The van der Waals surface area contributed by atoms with Crippen molar-refractivity contribution in [2.75, 3.05) is 0 Å². The van der Waals surface area contributed by atoms with E-state index in [1.54, 1.807) is 0 Å². The standard InChI is InChI=1S/C7H8O2/c8-6-1-2-7(9)5-3-4(5)6/h4-5H,1-3H2. The van der Waals surface area contributed by atoms with Crippen molar-refractivity contribution < 1.29 is 9.59 Å². The summed E-state index contributed by atoms with van der Waals surface area (Å²) < 4.78 is 0. The lowest BCUT2D eigenvalue weighted by Gasteiger charge is -2.04. The van der Waals surface area contributed by atoms with Crippen molar-refractivity contribution in [3.63, 3.8) is 0 Å². The molecule has 0 spiro atoms. The summed E-state index contributed by atoms with van der Waals surface area (Å²) in [5, 5.41) is 0. The van der Waals surface area contributed by atoms with Gasteiger partial charge in [-0.3, -0.25) is 9.59 Å². The summed E-state index contributed by atoms with van der Waals surface area (Å²) in [5.41, 5.74) is 0. The number of carbonyl (C=O) groups is 2. The monoisotopic (exact) mass is 124 g/mol. The fourth-order valence-electron chi connectivity index (χ4n) is 1.52. The Labute approximate surface area is 53.2 Å². The van der Waals surface area contributed by atoms with E-state index in [0.29, 0.717) is 24.4 Å². The van der Waals surface area contributed by atoms with E-state index in [2.05, 4.69) is 0 Å². The molecule has 2 heteroatoms. The van der Waals surface area contributed by atoms with E-state index >= 15 is 0 Å². The molecule has 2 saturated carbocycles. The maximum Gasteiger partial charge on any atom is 0.137 e. The lowest BCUT2D eigenvalue weighted by Crippen LogP contribution is -2.16. The molecule has 2 aliphatic carbocycles. The molecule has 0 bridgehead atoms. The Kier molecular flexibility index (Phi) is 0.821. The number of ketones is 2. The summed E-state index contributed by atoms with van der Waals surface area (Å²) in [7, 11) is 0. The SMILES string of the molecule is O=C1CCC(=O)C2CC12. The van der Waals surface area contributed by atoms with Crippen LogP contribution in [0.3, 0.4) is 0 Å². The molecule has 2 rings (SSSR count). The molecule has 0 aromatic rings. The second-order valence-electron chi connectivity index (χ2n) is 2.88. The van der Waals surface area contributed by atoms with Gasteiger partial charge in [-0.05, 0) is 6.42 Å². The van der Waals surface area contributed by atoms with E-state index in [9.17, 15) is 9.59 Å². The van der Waals surface area contributed by atoms with Crippen molar-refractivity contribution in [2.24, 2.45) is 11.8 Å². The first kappa shape index (κ1) is 5.15. The molecule has 0 aromatic heterocycles. The maximum atomic E-state index is 10.8. The fraction of sp³-hybridized carbons (Fsp3) is 0.714. The number of fused-ring (bicyclic) bond motifs is 1. The summed E-state index contributed by atoms with van der Waals surface area (Å²) in [6.45, 7) is 0. The van der Waals surface area contributed by atoms with Gasteiger partial charge in [-0.2, -0.15) is 0 Å². The van der Waals surface area contributed by atoms with Crippen molar-refractivity contribution in [2.45, 2.75) is 19.3 Å². The van der Waals surface area contributed by atoms with Gasteiger partial charge in [0.25, 0.3) is 0 Å². The van der Waals surface area contributed by atoms with Crippen molar-refractivity contribution >= 4 is 11.6 Å². The minimum absolute atomic E-state index is 0.159. The highest BCUT2D eigenvalue weighted by atomic mass is 16.1. The average Bonchev–Trinajstić information content (AvgIpc) is 2.57. The number of carbonyl (C=O) groups excluding carboxylic acids is 2. The summed E-state index contributed by atoms with van der Waals surface area (Å²) in [6, 6.07) is 0. The second-order valence-corrected chi connectivity index (χ2v) is 2.88. The smallest absolute Gasteiger partial charge is 0.137 e. The van der Waals surface area contributed by atoms with Crippen LogP contribution in [0.25, 0.3) is 0 Å². The first-order valence-corrected chi connectivity index (χ1v) is 3.34. The lowest BCUT2D eigenvalue weighted by atomic mass is 9.98. The van der Waals surface area contributed by atoms with Crippen molar-refractivity contribution in [1.82, 2.24) is 0 Å². The molecule has 0 amide bonds. The molecular weight excluding hydrogens is 116 g/mol. The molecule has 2 atom stereocenters. The van der Waals surface area contributed by atoms with Gasteiger partial charge in [0.1, 0.15) is 11.6 Å². The average molecular weight is 124 g/mol. The van der Waals surface area contributed by atoms with Crippen LogP contribution in [0, 0.1) is 11.8 Å². The van der Waals surface area contributed by atoms with Gasteiger partial charge in [0.05, 0.1) is 0 Å². The zero-order valence-electron chi connectivity index (χ0n) is 5.09. The highest BCUT2D eigenvalue weighted by Gasteiger charge is 2.49. The minimum atomic E-state index is 0.159. The molecule has 0 saturated heterocycles. The van der Waals surface area contributed by atoms with Gasteiger partial charge in [-0.15, -0.1) is 0 Å². The van der Waals surface area contributed by atoms with E-state index in [1.165, 1.54) is 0 Å². The molecule has 0 radical (unpaired) electrons. The van der Waals surface area contributed by atoms with Crippen LogP contribution in [0.4, 0.5) is 0 Å². The molecule has 0 heterocycles. The molecule has 2 fully saturated rings. The Morgan fingerprint density at radius 1 is 1.00 bits per heavy atom. The van der Waals surface area contributed by atoms with Crippen LogP contribution in [0.15, 0.2) is 0 Å². The van der Waals surface area contributed by atoms with Gasteiger partial charge >= 0.3 is 0 Å². The van der Waals surface area contributed by atoms with Gasteiger partial charge in [-0.25, -0.2) is 0 Å². The number of hydrogen-bond donors (Lipinski definition) is 0. The zero-order valence-corrected chi connectivity index (χ0v) is 5.09. The molecular formula is C7H8O2. The highest BCUT2D eigenvalue weighted by molar-refractivity contribution is 6.00. The Morgan fingerprint density at radius 2 is 1.44 bits per heavy atom. The van der Waals surface area contributed by atoms with Crippen LogP contribution in [0.2, 0.25) is 0 Å². The lowest BCUT2D eigenvalue weighted by molar-refractivity contribution is -0.129. The fourth-order valence-corrected chi connectivity index (χ4v) is 1.52. The molecule has 0 aromatic carbocycles. The largest absolute Gasteiger partial charge is 0.299 e. The Balaban J connectivity index is 2.17. The highest BCUT2D eigenvalue weighted by Crippen LogP contribution is 2.44. The molecule has 0 N–H and O–H groups in total. The topological polar surface area (TPSA) is 34.1 Å². The van der Waals surface area contributed by atoms with Crippen molar-refractivity contribution in [3.8, 4) is 0 Å². The molecule has 0 aliphatic heterocycles. The Bertz CT molecular complexity index is 163. The normalized spacial score (nSPS) is 40.4. The predicted molar refractivity (Wildman–Crippen MR) is 30.8 cm³/mol. The Hall–Kier alpha value is -0.660. The van der Waals surface area contributed by atoms with Gasteiger partial charge in [-0.1, -0.05) is 0 Å². The number of hydrogen-bond acceptors (Lipinski definition) is 2. The van der Waals surface area contributed by atoms with Gasteiger partial charge < -0.3 is 0 Å². The summed E-state index contributed by atoms with van der Waals surface area (Å²) in [6.07, 6.45) is 1.89. The quantitative estimate of drug-likeness (QED) is 0.472. The molecule has 2 aliphatic rings. The van der Waals surface area contributed by atoms with E-state index in [1.807, 2.05) is 0 Å². The number of Topliss-reactive ketones (excluding diaryl/α,β-unsaturated/α-hetero) is 2. The van der Waals surface area contributed by atoms with Crippen LogP contribution in [0.5, 0.6) is 0 Å². The maximum absolute atomic E-state index is 10.8. The van der Waals surface area contributed by atoms with E-state index < -0.39 is 0 Å².